The van der Waals surface area contributed by atoms with E-state index in [1.807, 2.05) is 50.5 Å². The Hall–Kier alpha value is -4.37. The van der Waals surface area contributed by atoms with Gasteiger partial charge in [-0.25, -0.2) is 4.98 Å². The summed E-state index contributed by atoms with van der Waals surface area (Å²) in [6.45, 7) is 3.71. The molecule has 0 radical (unpaired) electrons. The lowest BCUT2D eigenvalue weighted by atomic mass is 10.1. The highest BCUT2D eigenvalue weighted by Crippen LogP contribution is 2.35. The van der Waals surface area contributed by atoms with Crippen LogP contribution in [0.3, 0.4) is 0 Å². The van der Waals surface area contributed by atoms with Gasteiger partial charge in [0.1, 0.15) is 11.2 Å². The molecule has 6 heterocycles. The molecule has 1 amide bonds. The van der Waals surface area contributed by atoms with Crippen LogP contribution in [-0.4, -0.2) is 36.0 Å². The summed E-state index contributed by atoms with van der Waals surface area (Å²) >= 11 is 1.69. The molecule has 6 rings (SSSR count). The number of hydrogen-bond donors (Lipinski definition) is 3. The van der Waals surface area contributed by atoms with Crippen molar-refractivity contribution in [1.82, 2.24) is 30.1 Å². The van der Waals surface area contributed by atoms with Crippen molar-refractivity contribution in [1.29, 1.82) is 0 Å². The van der Waals surface area contributed by atoms with Crippen LogP contribution in [0.25, 0.3) is 55.0 Å². The number of thiophene rings is 1. The summed E-state index contributed by atoms with van der Waals surface area (Å²) in [5.74, 6) is -0.173. The number of aromatic amines is 2. The molecule has 0 aliphatic heterocycles. The van der Waals surface area contributed by atoms with E-state index in [9.17, 15) is 4.79 Å². The van der Waals surface area contributed by atoms with Crippen molar-refractivity contribution in [3.05, 3.63) is 66.6 Å². The quantitative estimate of drug-likeness (QED) is 0.286. The number of hydrogen-bond acceptors (Lipinski definition) is 6. The second-order valence-corrected chi connectivity index (χ2v) is 9.53. The number of nitrogens with zero attached hydrogens (tertiary/aromatic N) is 4. The van der Waals surface area contributed by atoms with Gasteiger partial charge in [0, 0.05) is 39.7 Å². The van der Waals surface area contributed by atoms with Crippen LogP contribution in [-0.2, 0) is 4.79 Å². The normalized spacial score (nSPS) is 11.5. The number of amides is 1. The standard InChI is InChI=1S/C26H21N7OS/c1-14(2)26(34)29-16-8-15(10-27-11-16)19-5-6-20-24(31-19)25(33-32-20)21-9-17-18(23-4-3-7-35-23)12-28-13-22(17)30-21/h3-14,30H,1-2H3,(H,29,34)(H,32,33). The first-order valence-electron chi connectivity index (χ1n) is 11.2. The molecule has 0 bridgehead atoms. The van der Waals surface area contributed by atoms with E-state index in [0.29, 0.717) is 5.69 Å². The zero-order valence-electron chi connectivity index (χ0n) is 19.0. The van der Waals surface area contributed by atoms with E-state index in [1.54, 1.807) is 23.7 Å². The number of anilines is 1. The molecular weight excluding hydrogens is 458 g/mol. The molecule has 0 saturated carbocycles. The highest BCUT2D eigenvalue weighted by molar-refractivity contribution is 7.13. The highest BCUT2D eigenvalue weighted by Gasteiger charge is 2.16. The number of pyridine rings is 3. The van der Waals surface area contributed by atoms with Crippen LogP contribution in [0.15, 0.2) is 66.6 Å². The van der Waals surface area contributed by atoms with Crippen molar-refractivity contribution in [2.75, 3.05) is 5.32 Å². The van der Waals surface area contributed by atoms with Crippen molar-refractivity contribution in [3.8, 4) is 33.1 Å². The van der Waals surface area contributed by atoms with Crippen molar-refractivity contribution in [3.63, 3.8) is 0 Å². The van der Waals surface area contributed by atoms with Gasteiger partial charge in [-0.2, -0.15) is 5.10 Å². The molecule has 0 aliphatic carbocycles. The number of nitrogens with one attached hydrogen (secondary N) is 3. The molecule has 0 aliphatic rings. The number of rotatable bonds is 5. The van der Waals surface area contributed by atoms with Gasteiger partial charge in [0.2, 0.25) is 5.91 Å². The van der Waals surface area contributed by atoms with Crippen LogP contribution in [0.4, 0.5) is 5.69 Å². The maximum Gasteiger partial charge on any atom is 0.226 e. The minimum atomic E-state index is -0.117. The fraction of sp³-hybridized carbons (Fsp3) is 0.115. The number of aromatic nitrogens is 6. The van der Waals surface area contributed by atoms with Crippen LogP contribution in [0.5, 0.6) is 0 Å². The van der Waals surface area contributed by atoms with Gasteiger partial charge in [-0.3, -0.25) is 19.9 Å². The Morgan fingerprint density at radius 2 is 1.91 bits per heavy atom. The first kappa shape index (κ1) is 21.2. The van der Waals surface area contributed by atoms with Crippen LogP contribution in [0.1, 0.15) is 13.8 Å². The number of carbonyl (C=O) groups is 1. The van der Waals surface area contributed by atoms with E-state index in [-0.39, 0.29) is 11.8 Å². The zero-order chi connectivity index (χ0) is 23.9. The first-order chi connectivity index (χ1) is 17.1. The smallest absolute Gasteiger partial charge is 0.226 e. The fourth-order valence-corrected chi connectivity index (χ4v) is 4.74. The van der Waals surface area contributed by atoms with E-state index in [0.717, 1.165) is 55.0 Å². The second-order valence-electron chi connectivity index (χ2n) is 8.58. The number of fused-ring (bicyclic) bond motifs is 2. The molecule has 9 heteroatoms. The number of carbonyl (C=O) groups excluding carboxylic acids is 1. The van der Waals surface area contributed by atoms with Gasteiger partial charge in [-0.15, -0.1) is 11.3 Å². The van der Waals surface area contributed by atoms with Crippen LogP contribution >= 0.6 is 11.3 Å². The summed E-state index contributed by atoms with van der Waals surface area (Å²) in [6, 6.07) is 12.0. The van der Waals surface area contributed by atoms with Gasteiger partial charge < -0.3 is 10.3 Å². The minimum absolute atomic E-state index is 0.0558. The lowest BCUT2D eigenvalue weighted by Crippen LogP contribution is -2.17. The average molecular weight is 480 g/mol. The fourth-order valence-electron chi connectivity index (χ4n) is 3.99. The third kappa shape index (κ3) is 3.85. The maximum atomic E-state index is 12.1. The Morgan fingerprint density at radius 1 is 1.03 bits per heavy atom. The Labute approximate surface area is 204 Å². The summed E-state index contributed by atoms with van der Waals surface area (Å²) in [5, 5.41) is 13.7. The van der Waals surface area contributed by atoms with Gasteiger partial charge in [-0.1, -0.05) is 19.9 Å². The van der Waals surface area contributed by atoms with Gasteiger partial charge in [-0.05, 0) is 35.7 Å². The monoisotopic (exact) mass is 479 g/mol. The Bertz CT molecular complexity index is 1680. The molecule has 0 atom stereocenters. The molecule has 0 fully saturated rings. The highest BCUT2D eigenvalue weighted by atomic mass is 32.1. The second kappa shape index (κ2) is 8.44. The zero-order valence-corrected chi connectivity index (χ0v) is 19.9. The van der Waals surface area contributed by atoms with E-state index in [1.165, 1.54) is 0 Å². The molecule has 0 aromatic carbocycles. The number of H-pyrrole nitrogens is 2. The molecule has 8 nitrogen and oxygen atoms in total. The molecule has 6 aromatic heterocycles. The predicted octanol–water partition coefficient (Wildman–Crippen LogP) is 5.89. The van der Waals surface area contributed by atoms with Crippen molar-refractivity contribution in [2.45, 2.75) is 13.8 Å². The summed E-state index contributed by atoms with van der Waals surface area (Å²) in [6.07, 6.45) is 7.09. The first-order valence-corrected chi connectivity index (χ1v) is 12.1. The summed E-state index contributed by atoms with van der Waals surface area (Å²) in [5.41, 5.74) is 7.38. The van der Waals surface area contributed by atoms with Crippen molar-refractivity contribution < 1.29 is 4.79 Å². The van der Waals surface area contributed by atoms with Gasteiger partial charge in [0.15, 0.2) is 0 Å². The Balaban J connectivity index is 1.41. The minimum Gasteiger partial charge on any atom is -0.352 e. The lowest BCUT2D eigenvalue weighted by molar-refractivity contribution is -0.118. The summed E-state index contributed by atoms with van der Waals surface area (Å²) < 4.78 is 0. The molecule has 0 spiro atoms. The topological polar surface area (TPSA) is 112 Å². The van der Waals surface area contributed by atoms with Crippen LogP contribution in [0, 0.1) is 5.92 Å². The molecule has 0 unspecified atom stereocenters. The largest absolute Gasteiger partial charge is 0.352 e. The third-order valence-corrected chi connectivity index (χ3v) is 6.72. The molecule has 6 aromatic rings. The molecular formula is C26H21N7OS. The third-order valence-electron chi connectivity index (χ3n) is 5.82. The van der Waals surface area contributed by atoms with Crippen LogP contribution < -0.4 is 5.32 Å². The van der Waals surface area contributed by atoms with Gasteiger partial charge in [0.25, 0.3) is 0 Å². The lowest BCUT2D eigenvalue weighted by Gasteiger charge is -2.08. The predicted molar refractivity (Wildman–Crippen MR) is 139 cm³/mol. The van der Waals surface area contributed by atoms with Crippen LogP contribution in [0.2, 0.25) is 0 Å². The molecule has 3 N–H and O–H groups in total. The SMILES string of the molecule is CC(C)C(=O)Nc1cncc(-c2ccc3[nH]nc(-c4cc5c(-c6cccs6)cncc5[nH]4)c3n2)c1. The van der Waals surface area contributed by atoms with E-state index in [2.05, 4.69) is 48.0 Å². The van der Waals surface area contributed by atoms with E-state index in [4.69, 9.17) is 4.98 Å². The van der Waals surface area contributed by atoms with Crippen molar-refractivity contribution >= 4 is 44.9 Å². The molecule has 172 valence electrons. The summed E-state index contributed by atoms with van der Waals surface area (Å²) in [7, 11) is 0. The van der Waals surface area contributed by atoms with Crippen molar-refractivity contribution in [2.24, 2.45) is 5.92 Å². The summed E-state index contributed by atoms with van der Waals surface area (Å²) in [4.78, 5) is 30.3. The van der Waals surface area contributed by atoms with Gasteiger partial charge >= 0.3 is 0 Å². The maximum absolute atomic E-state index is 12.1. The van der Waals surface area contributed by atoms with E-state index >= 15 is 0 Å². The molecule has 35 heavy (non-hydrogen) atoms. The average Bonchev–Trinajstić information content (AvgIpc) is 3.62. The Kier molecular flexibility index (Phi) is 5.11. The van der Waals surface area contributed by atoms with Gasteiger partial charge in [0.05, 0.1) is 40.5 Å². The Morgan fingerprint density at radius 3 is 2.74 bits per heavy atom. The van der Waals surface area contributed by atoms with E-state index < -0.39 is 0 Å². The molecule has 0 saturated heterocycles.